The Bertz CT molecular complexity index is 104. The molecular weight excluding hydrogens is 100 g/mol. The van der Waals surface area contributed by atoms with Gasteiger partial charge in [0.15, 0.2) is 0 Å². The number of nitrogens with one attached hydrogen (secondary N) is 1. The molecule has 44 valence electrons. The number of allylic oxidation sites excluding steroid dienone is 1. The minimum absolute atomic E-state index is 0.552. The Morgan fingerprint density at radius 1 is 1.75 bits per heavy atom. The van der Waals surface area contributed by atoms with Crippen LogP contribution < -0.4 is 5.43 Å². The van der Waals surface area contributed by atoms with E-state index in [1.54, 1.807) is 0 Å². The summed E-state index contributed by atoms with van der Waals surface area (Å²) in [7, 11) is 0. The first-order valence-corrected chi connectivity index (χ1v) is 2.89. The summed E-state index contributed by atoms with van der Waals surface area (Å²) in [5.41, 5.74) is 2.74. The molecule has 8 heavy (non-hydrogen) atoms. The summed E-state index contributed by atoms with van der Waals surface area (Å²) in [6.07, 6.45) is 7.03. The van der Waals surface area contributed by atoms with E-state index in [-0.39, 0.29) is 0 Å². The Labute approximate surface area is 49.3 Å². The fraction of sp³-hybridized carbons (Fsp3) is 0.500. The Kier molecular flexibility index (Phi) is 1.67. The fourth-order valence-corrected chi connectivity index (χ4v) is 0.640. The van der Waals surface area contributed by atoms with E-state index in [2.05, 4.69) is 23.5 Å². The SMILES string of the molecule is CCC1C=CNN=C1. The van der Waals surface area contributed by atoms with Gasteiger partial charge in [-0.05, 0) is 6.42 Å². The smallest absolute Gasteiger partial charge is 0.0315 e. The summed E-state index contributed by atoms with van der Waals surface area (Å²) in [4.78, 5) is 0. The third kappa shape index (κ3) is 1.09. The van der Waals surface area contributed by atoms with Gasteiger partial charge in [-0.15, -0.1) is 0 Å². The zero-order valence-corrected chi connectivity index (χ0v) is 4.96. The van der Waals surface area contributed by atoms with E-state index in [9.17, 15) is 0 Å². The molecule has 1 aliphatic heterocycles. The van der Waals surface area contributed by atoms with Gasteiger partial charge in [-0.1, -0.05) is 13.0 Å². The monoisotopic (exact) mass is 110 g/mol. The van der Waals surface area contributed by atoms with Crippen molar-refractivity contribution >= 4 is 6.21 Å². The van der Waals surface area contributed by atoms with Crippen LogP contribution in [0, 0.1) is 5.92 Å². The lowest BCUT2D eigenvalue weighted by Gasteiger charge is -2.05. The van der Waals surface area contributed by atoms with Crippen LogP contribution in [0.4, 0.5) is 0 Å². The van der Waals surface area contributed by atoms with Crippen LogP contribution in [0.5, 0.6) is 0 Å². The molecule has 1 heterocycles. The highest BCUT2D eigenvalue weighted by molar-refractivity contribution is 5.63. The Balaban J connectivity index is 2.42. The second kappa shape index (κ2) is 2.50. The number of hydrogen-bond donors (Lipinski definition) is 1. The summed E-state index contributed by atoms with van der Waals surface area (Å²) in [5.74, 6) is 0.552. The van der Waals surface area contributed by atoms with E-state index in [1.807, 2.05) is 12.4 Å². The molecule has 1 atom stereocenters. The third-order valence-corrected chi connectivity index (χ3v) is 1.23. The summed E-state index contributed by atoms with van der Waals surface area (Å²) in [5, 5.41) is 3.87. The Hall–Kier alpha value is -0.790. The zero-order valence-electron chi connectivity index (χ0n) is 4.96. The quantitative estimate of drug-likeness (QED) is 0.537. The van der Waals surface area contributed by atoms with Gasteiger partial charge in [0.1, 0.15) is 0 Å². The normalized spacial score (nSPS) is 25.4. The number of hydrazone groups is 1. The van der Waals surface area contributed by atoms with E-state index in [0.29, 0.717) is 5.92 Å². The van der Waals surface area contributed by atoms with Crippen molar-refractivity contribution in [3.63, 3.8) is 0 Å². The fourth-order valence-electron chi connectivity index (χ4n) is 0.640. The first-order chi connectivity index (χ1) is 3.93. The minimum Gasteiger partial charge on any atom is -0.286 e. The van der Waals surface area contributed by atoms with Gasteiger partial charge in [0, 0.05) is 18.3 Å². The van der Waals surface area contributed by atoms with Gasteiger partial charge in [-0.2, -0.15) is 5.10 Å². The van der Waals surface area contributed by atoms with E-state index in [1.165, 1.54) is 0 Å². The highest BCUT2D eigenvalue weighted by atomic mass is 15.3. The number of hydrogen-bond acceptors (Lipinski definition) is 2. The van der Waals surface area contributed by atoms with Gasteiger partial charge in [0.25, 0.3) is 0 Å². The highest BCUT2D eigenvalue weighted by Crippen LogP contribution is 2.01. The van der Waals surface area contributed by atoms with Crippen molar-refractivity contribution in [1.29, 1.82) is 0 Å². The number of rotatable bonds is 1. The number of nitrogens with zero attached hydrogens (tertiary/aromatic N) is 1. The molecule has 0 fully saturated rings. The Morgan fingerprint density at radius 2 is 2.62 bits per heavy atom. The van der Waals surface area contributed by atoms with E-state index < -0.39 is 0 Å². The molecule has 0 aromatic heterocycles. The molecule has 2 nitrogen and oxygen atoms in total. The van der Waals surface area contributed by atoms with Crippen LogP contribution in [-0.4, -0.2) is 6.21 Å². The Morgan fingerprint density at radius 3 is 3.00 bits per heavy atom. The lowest BCUT2D eigenvalue weighted by molar-refractivity contribution is 0.782. The maximum absolute atomic E-state index is 3.87. The van der Waals surface area contributed by atoms with Crippen molar-refractivity contribution in [2.45, 2.75) is 13.3 Å². The molecule has 0 aliphatic carbocycles. The van der Waals surface area contributed by atoms with Crippen molar-refractivity contribution in [3.05, 3.63) is 12.3 Å². The third-order valence-electron chi connectivity index (χ3n) is 1.23. The predicted molar refractivity (Wildman–Crippen MR) is 34.5 cm³/mol. The van der Waals surface area contributed by atoms with Gasteiger partial charge in [0.2, 0.25) is 0 Å². The average molecular weight is 110 g/mol. The van der Waals surface area contributed by atoms with Crippen molar-refractivity contribution in [3.8, 4) is 0 Å². The van der Waals surface area contributed by atoms with Gasteiger partial charge in [0.05, 0.1) is 0 Å². The van der Waals surface area contributed by atoms with E-state index in [0.717, 1.165) is 6.42 Å². The second-order valence-corrected chi connectivity index (χ2v) is 1.84. The maximum atomic E-state index is 3.87. The molecular formula is C6H10N2. The largest absolute Gasteiger partial charge is 0.286 e. The molecule has 0 saturated heterocycles. The molecule has 0 spiro atoms. The van der Waals surface area contributed by atoms with E-state index >= 15 is 0 Å². The lowest BCUT2D eigenvalue weighted by atomic mass is 10.1. The topological polar surface area (TPSA) is 24.4 Å². The molecule has 1 unspecified atom stereocenters. The highest BCUT2D eigenvalue weighted by Gasteiger charge is 1.97. The first-order valence-electron chi connectivity index (χ1n) is 2.89. The molecule has 0 amide bonds. The molecule has 0 saturated carbocycles. The van der Waals surface area contributed by atoms with Crippen molar-refractivity contribution in [1.82, 2.24) is 5.43 Å². The first kappa shape index (κ1) is 5.35. The molecule has 1 N–H and O–H groups in total. The summed E-state index contributed by atoms with van der Waals surface area (Å²) >= 11 is 0. The van der Waals surface area contributed by atoms with E-state index in [4.69, 9.17) is 0 Å². The van der Waals surface area contributed by atoms with Gasteiger partial charge < -0.3 is 0 Å². The molecule has 0 bridgehead atoms. The van der Waals surface area contributed by atoms with Gasteiger partial charge in [-0.25, -0.2) is 0 Å². The van der Waals surface area contributed by atoms with Crippen LogP contribution in [0.3, 0.4) is 0 Å². The molecule has 2 heteroatoms. The minimum atomic E-state index is 0.552. The molecule has 1 aliphatic rings. The molecule has 0 aromatic rings. The van der Waals surface area contributed by atoms with Crippen LogP contribution in [0.25, 0.3) is 0 Å². The van der Waals surface area contributed by atoms with Crippen LogP contribution in [0.2, 0.25) is 0 Å². The molecule has 0 radical (unpaired) electrons. The lowest BCUT2D eigenvalue weighted by Crippen LogP contribution is -2.07. The van der Waals surface area contributed by atoms with Crippen LogP contribution in [-0.2, 0) is 0 Å². The van der Waals surface area contributed by atoms with Gasteiger partial charge >= 0.3 is 0 Å². The summed E-state index contributed by atoms with van der Waals surface area (Å²) in [6, 6.07) is 0. The second-order valence-electron chi connectivity index (χ2n) is 1.84. The zero-order chi connectivity index (χ0) is 5.82. The van der Waals surface area contributed by atoms with Crippen LogP contribution >= 0.6 is 0 Å². The summed E-state index contributed by atoms with van der Waals surface area (Å²) < 4.78 is 0. The molecule has 1 rings (SSSR count). The predicted octanol–water partition coefficient (Wildman–Crippen LogP) is 1.12. The van der Waals surface area contributed by atoms with Crippen LogP contribution in [0.1, 0.15) is 13.3 Å². The standard InChI is InChI=1S/C6H10N2/c1-2-6-3-4-7-8-5-6/h3-7H,2H2,1H3. The maximum Gasteiger partial charge on any atom is 0.0315 e. The average Bonchev–Trinajstić information content (AvgIpc) is 1.90. The van der Waals surface area contributed by atoms with Crippen molar-refractivity contribution in [2.24, 2.45) is 11.0 Å². The van der Waals surface area contributed by atoms with Gasteiger partial charge in [-0.3, -0.25) is 5.43 Å². The summed E-state index contributed by atoms with van der Waals surface area (Å²) in [6.45, 7) is 2.15. The van der Waals surface area contributed by atoms with Crippen molar-refractivity contribution < 1.29 is 0 Å². The van der Waals surface area contributed by atoms with Crippen LogP contribution in [0.15, 0.2) is 17.4 Å². The van der Waals surface area contributed by atoms with Crippen molar-refractivity contribution in [2.75, 3.05) is 0 Å². The molecule has 0 aromatic carbocycles.